The first-order valence-corrected chi connectivity index (χ1v) is 23.2. The molecule has 2 bridgehead atoms. The van der Waals surface area contributed by atoms with Gasteiger partial charge in [0.2, 0.25) is 0 Å². The van der Waals surface area contributed by atoms with Gasteiger partial charge in [0.25, 0.3) is 0 Å². The molecule has 62 heavy (non-hydrogen) atoms. The van der Waals surface area contributed by atoms with E-state index in [1.54, 1.807) is 40.2 Å². The Morgan fingerprint density at radius 3 is 2.35 bits per heavy atom. The molecule has 3 N–H and O–H groups in total. The van der Waals surface area contributed by atoms with Gasteiger partial charge in [-0.15, -0.1) is 0 Å². The van der Waals surface area contributed by atoms with Gasteiger partial charge in [0.05, 0.1) is 49.3 Å². The Kier molecular flexibility index (Phi) is 15.3. The zero-order valence-corrected chi connectivity index (χ0v) is 38.5. The normalized spacial score (nSPS) is 48.6. The summed E-state index contributed by atoms with van der Waals surface area (Å²) in [5.74, 6) is -2.10. The number of allylic oxidation sites excluding steroid dienone is 2. The van der Waals surface area contributed by atoms with Crippen LogP contribution in [0.1, 0.15) is 107 Å². The molecule has 0 unspecified atom stereocenters. The van der Waals surface area contributed by atoms with Gasteiger partial charge in [0.15, 0.2) is 18.4 Å². The van der Waals surface area contributed by atoms with Crippen LogP contribution in [-0.2, 0) is 52.2 Å². The summed E-state index contributed by atoms with van der Waals surface area (Å²) in [7, 11) is 3.23. The second-order valence-electron chi connectivity index (χ2n) is 19.4. The molecule has 1 aliphatic carbocycles. The van der Waals surface area contributed by atoms with Crippen LogP contribution in [0.2, 0.25) is 0 Å². The molecule has 20 atom stereocenters. The maximum Gasteiger partial charge on any atom is 0.316 e. The zero-order chi connectivity index (χ0) is 44.7. The largest absolute Gasteiger partial charge is 0.462 e. The fourth-order valence-electron chi connectivity index (χ4n) is 11.0. The lowest BCUT2D eigenvalue weighted by Gasteiger charge is -2.51. The SMILES string of the molecule is CC[C@H](C)[C@H]1O[C@]2(CC[C@@H]1C)C[C@@H]1C[C@@H](C/C=C(\C)[C@@H](O[C@H]3C[C@H](OC)[C@@H](O[C@H]4C[C@H](OC)[C@@H](O)[C@H](C)O4)[C@H](C)O3)[C@@H](C)/C=C/C=C3CO[C@@H]4[C@H](O)C(C)=C[C@@H](C(=O)O1)[C@]34O)O2. The smallest absolute Gasteiger partial charge is 0.316 e. The summed E-state index contributed by atoms with van der Waals surface area (Å²) in [6.07, 6.45) is 6.53. The Hall–Kier alpha value is -2.05. The minimum atomic E-state index is -1.82. The minimum Gasteiger partial charge on any atom is -0.462 e. The molecule has 7 rings (SSSR count). The Morgan fingerprint density at radius 2 is 1.63 bits per heavy atom. The quantitative estimate of drug-likeness (QED) is 0.204. The van der Waals surface area contributed by atoms with Gasteiger partial charge in [0, 0.05) is 52.2 Å². The average Bonchev–Trinajstić information content (AvgIpc) is 3.58. The molecule has 0 radical (unpaired) electrons. The van der Waals surface area contributed by atoms with E-state index in [2.05, 4.69) is 40.7 Å². The van der Waals surface area contributed by atoms with E-state index in [1.807, 2.05) is 19.1 Å². The average molecular weight is 875 g/mol. The number of esters is 1. The van der Waals surface area contributed by atoms with Gasteiger partial charge in [-0.1, -0.05) is 64.5 Å². The summed E-state index contributed by atoms with van der Waals surface area (Å²) in [4.78, 5) is 14.4. The number of aliphatic hydroxyl groups excluding tert-OH is 2. The third kappa shape index (κ3) is 9.73. The predicted molar refractivity (Wildman–Crippen MR) is 227 cm³/mol. The highest BCUT2D eigenvalue weighted by molar-refractivity contribution is 5.78. The molecule has 14 nitrogen and oxygen atoms in total. The number of rotatable bonds is 8. The molecule has 0 saturated carbocycles. The van der Waals surface area contributed by atoms with Gasteiger partial charge in [-0.25, -0.2) is 0 Å². The highest BCUT2D eigenvalue weighted by atomic mass is 16.7. The molecule has 0 amide bonds. The van der Waals surface area contributed by atoms with Crippen LogP contribution in [0.5, 0.6) is 0 Å². The molecule has 0 aromatic heterocycles. The van der Waals surface area contributed by atoms with Crippen LogP contribution >= 0.6 is 0 Å². The van der Waals surface area contributed by atoms with Crippen molar-refractivity contribution >= 4 is 5.97 Å². The molecule has 14 heteroatoms. The Labute approximate surface area is 368 Å². The van der Waals surface area contributed by atoms with Crippen LogP contribution in [0.15, 0.2) is 47.1 Å². The lowest BCUT2D eigenvalue weighted by atomic mass is 9.71. The second-order valence-corrected chi connectivity index (χ2v) is 19.4. The van der Waals surface area contributed by atoms with E-state index in [-0.39, 0.29) is 30.8 Å². The number of carbonyl (C=O) groups excluding carboxylic acids is 1. The third-order valence-electron chi connectivity index (χ3n) is 14.9. The van der Waals surface area contributed by atoms with Crippen molar-refractivity contribution in [3.63, 3.8) is 0 Å². The van der Waals surface area contributed by atoms with Crippen LogP contribution in [-0.4, -0.2) is 139 Å². The van der Waals surface area contributed by atoms with E-state index >= 15 is 0 Å². The van der Waals surface area contributed by atoms with Crippen molar-refractivity contribution in [3.8, 4) is 0 Å². The Balaban J connectivity index is 1.18. The van der Waals surface area contributed by atoms with Crippen molar-refractivity contribution in [2.24, 2.45) is 23.7 Å². The fourth-order valence-corrected chi connectivity index (χ4v) is 11.0. The van der Waals surface area contributed by atoms with Gasteiger partial charge in [-0.2, -0.15) is 0 Å². The summed E-state index contributed by atoms with van der Waals surface area (Å²) >= 11 is 0. The molecule has 7 aliphatic rings. The fraction of sp³-hybridized carbons (Fsp3) is 0.812. The van der Waals surface area contributed by atoms with Crippen LogP contribution in [0.4, 0.5) is 0 Å². The molecule has 0 aromatic carbocycles. The molecular formula is C48H74O14. The van der Waals surface area contributed by atoms with Gasteiger partial charge in [0.1, 0.15) is 42.0 Å². The van der Waals surface area contributed by atoms with Crippen molar-refractivity contribution in [1.29, 1.82) is 0 Å². The summed E-state index contributed by atoms with van der Waals surface area (Å²) in [6.45, 7) is 16.3. The van der Waals surface area contributed by atoms with Gasteiger partial charge < -0.3 is 62.7 Å². The molecule has 1 spiro atoms. The lowest BCUT2D eigenvalue weighted by Crippen LogP contribution is -2.58. The standard InChI is InChI=1S/C48H74O14/c1-11-25(2)43-28(5)17-18-47(62-43)23-34-20-33(61-47)16-15-27(4)42(26(3)13-12-14-32-24-55-45-40(49)29(6)19-35(46(51)58-34)48(32,45)52)59-39-22-37(54-10)44(31(8)57-39)60-38-21-36(53-9)41(50)30(7)56-38/h12-15,19,25-26,28,30-31,33-45,49-50,52H,11,16-18,20-24H2,1-10H3/b13-12+,27-15+,32-14?/t25-,26-,28-,30-,31-,33+,34-,35-,36-,37-,38-,39-,40+,41-,42-,43+,44-,45+,47+,48+/m0/s1. The molecular weight excluding hydrogens is 801 g/mol. The molecule has 0 aromatic rings. The van der Waals surface area contributed by atoms with E-state index in [1.165, 1.54) is 0 Å². The first-order chi connectivity index (χ1) is 29.5. The Bertz CT molecular complexity index is 1680. The Morgan fingerprint density at radius 1 is 0.919 bits per heavy atom. The summed E-state index contributed by atoms with van der Waals surface area (Å²) in [5, 5.41) is 34.2. The lowest BCUT2D eigenvalue weighted by molar-refractivity contribution is -0.340. The highest BCUT2D eigenvalue weighted by Crippen LogP contribution is 2.48. The molecule has 350 valence electrons. The maximum atomic E-state index is 14.4. The summed E-state index contributed by atoms with van der Waals surface area (Å²) in [6, 6.07) is 0. The van der Waals surface area contributed by atoms with E-state index in [4.69, 9.17) is 47.4 Å². The first kappa shape index (κ1) is 47.9. The number of aliphatic hydroxyl groups is 3. The van der Waals surface area contributed by atoms with Crippen molar-refractivity contribution < 1.29 is 67.5 Å². The van der Waals surface area contributed by atoms with Gasteiger partial charge >= 0.3 is 5.97 Å². The number of hydrogen-bond donors (Lipinski definition) is 3. The predicted octanol–water partition coefficient (Wildman–Crippen LogP) is 5.60. The summed E-state index contributed by atoms with van der Waals surface area (Å²) in [5.41, 5.74) is 0.188. The first-order valence-electron chi connectivity index (χ1n) is 23.2. The number of methoxy groups -OCH3 is 2. The number of fused-ring (bicyclic) bond motifs is 2. The van der Waals surface area contributed by atoms with Crippen LogP contribution in [0.3, 0.4) is 0 Å². The van der Waals surface area contributed by atoms with Crippen LogP contribution in [0, 0.1) is 23.7 Å². The van der Waals surface area contributed by atoms with Crippen molar-refractivity contribution in [1.82, 2.24) is 0 Å². The number of carbonyl (C=O) groups is 1. The van der Waals surface area contributed by atoms with E-state index < -0.39 is 90.8 Å². The third-order valence-corrected chi connectivity index (χ3v) is 14.9. The van der Waals surface area contributed by atoms with Crippen LogP contribution < -0.4 is 0 Å². The van der Waals surface area contributed by atoms with Crippen molar-refractivity contribution in [2.75, 3.05) is 20.8 Å². The van der Waals surface area contributed by atoms with Gasteiger partial charge in [-0.05, 0) is 69.1 Å². The van der Waals surface area contributed by atoms with E-state index in [0.29, 0.717) is 61.5 Å². The molecule has 6 heterocycles. The molecule has 5 saturated heterocycles. The van der Waals surface area contributed by atoms with E-state index in [0.717, 1.165) is 18.4 Å². The monoisotopic (exact) mass is 875 g/mol. The minimum absolute atomic E-state index is 0.00708. The number of hydrogen-bond acceptors (Lipinski definition) is 14. The van der Waals surface area contributed by atoms with Crippen LogP contribution in [0.25, 0.3) is 0 Å². The van der Waals surface area contributed by atoms with Crippen molar-refractivity contribution in [2.45, 2.75) is 204 Å². The van der Waals surface area contributed by atoms with Gasteiger partial charge in [-0.3, -0.25) is 4.79 Å². The second kappa shape index (κ2) is 19.8. The maximum absolute atomic E-state index is 14.4. The molecule has 5 fully saturated rings. The summed E-state index contributed by atoms with van der Waals surface area (Å²) < 4.78 is 63.9. The number of ether oxygens (including phenoxy) is 10. The highest BCUT2D eigenvalue weighted by Gasteiger charge is 2.60. The van der Waals surface area contributed by atoms with Crippen molar-refractivity contribution in [3.05, 3.63) is 47.1 Å². The topological polar surface area (TPSA) is 170 Å². The zero-order valence-electron chi connectivity index (χ0n) is 38.5. The van der Waals surface area contributed by atoms with E-state index in [9.17, 15) is 20.1 Å². The molecule has 6 aliphatic heterocycles.